The first-order chi connectivity index (χ1) is 11.1. The zero-order chi connectivity index (χ0) is 16.2. The molecule has 2 heterocycles. The predicted octanol–water partition coefficient (Wildman–Crippen LogP) is 1.17. The van der Waals surface area contributed by atoms with Crippen LogP contribution in [0.1, 0.15) is 24.0 Å². The van der Waals surface area contributed by atoms with Crippen molar-refractivity contribution in [2.75, 3.05) is 32.7 Å². The van der Waals surface area contributed by atoms with Gasteiger partial charge in [0.2, 0.25) is 11.8 Å². The Hall–Kier alpha value is -1.88. The summed E-state index contributed by atoms with van der Waals surface area (Å²) in [5.41, 5.74) is 2.33. The Labute approximate surface area is 137 Å². The number of carbonyl (C=O) groups excluding carboxylic acids is 2. The molecule has 2 saturated heterocycles. The van der Waals surface area contributed by atoms with Crippen LogP contribution in [0.25, 0.3) is 0 Å². The quantitative estimate of drug-likeness (QED) is 0.911. The van der Waals surface area contributed by atoms with Crippen molar-refractivity contribution in [1.29, 1.82) is 0 Å². The van der Waals surface area contributed by atoms with E-state index in [1.54, 1.807) is 0 Å². The third-order valence-electron chi connectivity index (χ3n) is 4.71. The lowest BCUT2D eigenvalue weighted by Crippen LogP contribution is -2.39. The average Bonchev–Trinajstić information content (AvgIpc) is 2.77. The third kappa shape index (κ3) is 3.91. The summed E-state index contributed by atoms with van der Waals surface area (Å²) >= 11 is 0. The number of benzene rings is 1. The van der Waals surface area contributed by atoms with Gasteiger partial charge in [-0.15, -0.1) is 0 Å². The van der Waals surface area contributed by atoms with Crippen LogP contribution in [-0.4, -0.2) is 54.3 Å². The van der Waals surface area contributed by atoms with E-state index >= 15 is 0 Å². The molecule has 1 aromatic rings. The maximum Gasteiger partial charge on any atom is 0.228 e. The van der Waals surface area contributed by atoms with Gasteiger partial charge in [-0.2, -0.15) is 0 Å². The van der Waals surface area contributed by atoms with Gasteiger partial charge in [0.25, 0.3) is 0 Å². The van der Waals surface area contributed by atoms with Gasteiger partial charge >= 0.3 is 0 Å². The number of hydrogen-bond donors (Lipinski definition) is 1. The lowest BCUT2D eigenvalue weighted by Gasteiger charge is -2.23. The number of rotatable bonds is 3. The minimum Gasteiger partial charge on any atom is -0.341 e. The number of hydrogen-bond acceptors (Lipinski definition) is 3. The molecule has 0 radical (unpaired) electrons. The van der Waals surface area contributed by atoms with Gasteiger partial charge < -0.3 is 15.1 Å². The maximum atomic E-state index is 12.7. The number of nitrogens with one attached hydrogen (secondary N) is 1. The van der Waals surface area contributed by atoms with Crippen LogP contribution in [0.15, 0.2) is 24.3 Å². The SMILES string of the molecule is Cc1ccc(CN2CC(C(=O)N3CCCNCC3)CC2=O)cc1. The topological polar surface area (TPSA) is 52.7 Å². The average molecular weight is 315 g/mol. The Bertz CT molecular complexity index is 562. The molecule has 0 saturated carbocycles. The lowest BCUT2D eigenvalue weighted by atomic mass is 10.1. The van der Waals surface area contributed by atoms with E-state index < -0.39 is 0 Å². The zero-order valence-electron chi connectivity index (χ0n) is 13.8. The number of carbonyl (C=O) groups is 2. The van der Waals surface area contributed by atoms with Crippen molar-refractivity contribution in [3.8, 4) is 0 Å². The molecule has 2 aliphatic rings. The smallest absolute Gasteiger partial charge is 0.228 e. The van der Waals surface area contributed by atoms with E-state index in [9.17, 15) is 9.59 Å². The second-order valence-electron chi connectivity index (χ2n) is 6.59. The van der Waals surface area contributed by atoms with Crippen molar-refractivity contribution in [2.45, 2.75) is 26.3 Å². The monoisotopic (exact) mass is 315 g/mol. The van der Waals surface area contributed by atoms with Crippen LogP contribution < -0.4 is 5.32 Å². The van der Waals surface area contributed by atoms with Crippen LogP contribution in [0.4, 0.5) is 0 Å². The molecular weight excluding hydrogens is 290 g/mol. The van der Waals surface area contributed by atoms with Gasteiger partial charge in [-0.05, 0) is 25.5 Å². The molecule has 0 bridgehead atoms. The van der Waals surface area contributed by atoms with Crippen molar-refractivity contribution in [2.24, 2.45) is 5.92 Å². The summed E-state index contributed by atoms with van der Waals surface area (Å²) in [6, 6.07) is 8.22. The summed E-state index contributed by atoms with van der Waals surface area (Å²) in [6.07, 6.45) is 1.34. The molecule has 2 amide bonds. The van der Waals surface area contributed by atoms with E-state index in [2.05, 4.69) is 36.5 Å². The van der Waals surface area contributed by atoms with Crippen molar-refractivity contribution >= 4 is 11.8 Å². The number of likely N-dealkylation sites (tertiary alicyclic amines) is 1. The van der Waals surface area contributed by atoms with Gasteiger partial charge in [0, 0.05) is 39.1 Å². The largest absolute Gasteiger partial charge is 0.341 e. The highest BCUT2D eigenvalue weighted by molar-refractivity contribution is 5.89. The van der Waals surface area contributed by atoms with Crippen LogP contribution in [0, 0.1) is 12.8 Å². The molecule has 23 heavy (non-hydrogen) atoms. The molecule has 0 aliphatic carbocycles. The van der Waals surface area contributed by atoms with Crippen LogP contribution in [-0.2, 0) is 16.1 Å². The van der Waals surface area contributed by atoms with E-state index in [0.717, 1.165) is 38.2 Å². The molecule has 124 valence electrons. The highest BCUT2D eigenvalue weighted by atomic mass is 16.2. The maximum absolute atomic E-state index is 12.7. The molecule has 1 unspecified atom stereocenters. The summed E-state index contributed by atoms with van der Waals surface area (Å²) in [7, 11) is 0. The number of nitrogens with zero attached hydrogens (tertiary/aromatic N) is 2. The van der Waals surface area contributed by atoms with Crippen molar-refractivity contribution < 1.29 is 9.59 Å². The van der Waals surface area contributed by atoms with Gasteiger partial charge in [0.05, 0.1) is 5.92 Å². The fraction of sp³-hybridized carbons (Fsp3) is 0.556. The molecule has 2 fully saturated rings. The first kappa shape index (κ1) is 16.0. The standard InChI is InChI=1S/C18H25N3O2/c1-14-3-5-15(6-4-14)12-21-13-16(11-17(21)22)18(23)20-9-2-7-19-8-10-20/h3-6,16,19H,2,7-13H2,1H3. The van der Waals surface area contributed by atoms with E-state index in [1.807, 2.05) is 9.80 Å². The van der Waals surface area contributed by atoms with Gasteiger partial charge in [0.1, 0.15) is 0 Å². The predicted molar refractivity (Wildman–Crippen MR) is 88.8 cm³/mol. The first-order valence-electron chi connectivity index (χ1n) is 8.46. The zero-order valence-corrected chi connectivity index (χ0v) is 13.8. The van der Waals surface area contributed by atoms with Crippen molar-refractivity contribution in [3.63, 3.8) is 0 Å². The Morgan fingerprint density at radius 3 is 2.78 bits per heavy atom. The second-order valence-corrected chi connectivity index (χ2v) is 6.59. The van der Waals surface area contributed by atoms with Crippen LogP contribution in [0.5, 0.6) is 0 Å². The van der Waals surface area contributed by atoms with Gasteiger partial charge in [-0.3, -0.25) is 9.59 Å². The van der Waals surface area contributed by atoms with Gasteiger partial charge in [-0.1, -0.05) is 29.8 Å². The molecule has 5 heteroatoms. The summed E-state index contributed by atoms with van der Waals surface area (Å²) in [5.74, 6) is 0.0661. The first-order valence-corrected chi connectivity index (χ1v) is 8.46. The van der Waals surface area contributed by atoms with Crippen molar-refractivity contribution in [1.82, 2.24) is 15.1 Å². The molecule has 3 rings (SSSR count). The van der Waals surface area contributed by atoms with Gasteiger partial charge in [0.15, 0.2) is 0 Å². The minimum atomic E-state index is -0.175. The number of aryl methyl sites for hydroxylation is 1. The van der Waals surface area contributed by atoms with E-state index in [-0.39, 0.29) is 17.7 Å². The normalized spacial score (nSPS) is 22.3. The molecule has 0 aromatic heterocycles. The van der Waals surface area contributed by atoms with Crippen molar-refractivity contribution in [3.05, 3.63) is 35.4 Å². The van der Waals surface area contributed by atoms with Crippen LogP contribution in [0.3, 0.4) is 0 Å². The summed E-state index contributed by atoms with van der Waals surface area (Å²) < 4.78 is 0. The minimum absolute atomic E-state index is 0.0943. The Morgan fingerprint density at radius 2 is 2.00 bits per heavy atom. The Morgan fingerprint density at radius 1 is 1.22 bits per heavy atom. The molecular formula is C18H25N3O2. The Balaban J connectivity index is 1.60. The van der Waals surface area contributed by atoms with E-state index in [0.29, 0.717) is 19.5 Å². The second kappa shape index (κ2) is 7.13. The third-order valence-corrected chi connectivity index (χ3v) is 4.71. The fourth-order valence-electron chi connectivity index (χ4n) is 3.33. The van der Waals surface area contributed by atoms with E-state index in [4.69, 9.17) is 0 Å². The summed E-state index contributed by atoms with van der Waals surface area (Å²) in [4.78, 5) is 28.7. The summed E-state index contributed by atoms with van der Waals surface area (Å²) in [6.45, 7) is 6.57. The molecule has 0 spiro atoms. The van der Waals surface area contributed by atoms with Crippen LogP contribution >= 0.6 is 0 Å². The van der Waals surface area contributed by atoms with E-state index in [1.165, 1.54) is 5.56 Å². The van der Waals surface area contributed by atoms with Crippen LogP contribution in [0.2, 0.25) is 0 Å². The van der Waals surface area contributed by atoms with Gasteiger partial charge in [-0.25, -0.2) is 0 Å². The highest BCUT2D eigenvalue weighted by Crippen LogP contribution is 2.22. The molecule has 1 N–H and O–H groups in total. The fourth-order valence-corrected chi connectivity index (χ4v) is 3.33. The highest BCUT2D eigenvalue weighted by Gasteiger charge is 2.36. The number of amides is 2. The lowest BCUT2D eigenvalue weighted by molar-refractivity contribution is -0.135. The summed E-state index contributed by atoms with van der Waals surface area (Å²) in [5, 5.41) is 3.31. The molecule has 2 aliphatic heterocycles. The molecule has 5 nitrogen and oxygen atoms in total. The Kier molecular flexibility index (Phi) is 4.96. The molecule has 1 atom stereocenters. The molecule has 1 aromatic carbocycles.